The lowest BCUT2D eigenvalue weighted by molar-refractivity contribution is 0.801. The Bertz CT molecular complexity index is 130. The highest BCUT2D eigenvalue weighted by atomic mass is 35.5. The molecule has 10 heavy (non-hydrogen) atoms. The Morgan fingerprint density at radius 3 is 2.50 bits per heavy atom. The fraction of sp³-hybridized carbons (Fsp3) is 0.750. The van der Waals surface area contributed by atoms with E-state index in [1.54, 1.807) is 0 Å². The van der Waals surface area contributed by atoms with Crippen LogP contribution in [0.3, 0.4) is 0 Å². The van der Waals surface area contributed by atoms with Gasteiger partial charge in [0.1, 0.15) is 0 Å². The van der Waals surface area contributed by atoms with E-state index in [4.69, 9.17) is 17.3 Å². The van der Waals surface area contributed by atoms with Gasteiger partial charge in [0.25, 0.3) is 0 Å². The second-order valence-electron chi connectivity index (χ2n) is 2.53. The van der Waals surface area contributed by atoms with Crippen molar-refractivity contribution in [3.63, 3.8) is 0 Å². The van der Waals surface area contributed by atoms with Crippen LogP contribution in [0.2, 0.25) is 0 Å². The monoisotopic (exact) mass is 159 g/mol. The van der Waals surface area contributed by atoms with Crippen LogP contribution in [-0.4, -0.2) is 5.50 Å². The molecule has 0 saturated carbocycles. The van der Waals surface area contributed by atoms with Gasteiger partial charge in [0.05, 0.1) is 5.50 Å². The first-order valence-corrected chi connectivity index (χ1v) is 3.94. The summed E-state index contributed by atoms with van der Waals surface area (Å²) in [5.41, 5.74) is 5.07. The molecule has 0 amide bonds. The van der Waals surface area contributed by atoms with Gasteiger partial charge in [-0.1, -0.05) is 13.8 Å². The molecule has 1 atom stereocenters. The third-order valence-corrected chi connectivity index (χ3v) is 1.15. The van der Waals surface area contributed by atoms with Gasteiger partial charge in [0, 0.05) is 12.3 Å². The second kappa shape index (κ2) is 5.58. The highest BCUT2D eigenvalue weighted by Gasteiger charge is 1.91. The zero-order valence-corrected chi connectivity index (χ0v) is 7.28. The highest BCUT2D eigenvalue weighted by molar-refractivity contribution is 6.20. The van der Waals surface area contributed by atoms with Crippen LogP contribution in [0.5, 0.6) is 0 Å². The van der Waals surface area contributed by atoms with Crippen molar-refractivity contribution in [2.75, 3.05) is 0 Å². The second-order valence-corrected chi connectivity index (χ2v) is 3.09. The van der Waals surface area contributed by atoms with E-state index >= 15 is 0 Å². The average molecular weight is 160 g/mol. The minimum atomic E-state index is -0.235. The van der Waals surface area contributed by atoms with E-state index < -0.39 is 0 Å². The number of rotatable bonds is 2. The average Bonchev–Trinajstić information content (AvgIpc) is 1.79. The standard InChI is InChI=1S/C8H14ClN/c1-7(2)5-3-4-6-8(9)10/h7-8H,4,6,10H2,1-2H3. The van der Waals surface area contributed by atoms with Gasteiger partial charge in [-0.3, -0.25) is 0 Å². The van der Waals surface area contributed by atoms with E-state index in [0.29, 0.717) is 5.92 Å². The molecular formula is C8H14ClN. The maximum atomic E-state index is 5.50. The fourth-order valence-electron chi connectivity index (χ4n) is 0.486. The summed E-state index contributed by atoms with van der Waals surface area (Å²) < 4.78 is 0. The Balaban J connectivity index is 3.29. The molecule has 1 nitrogen and oxygen atoms in total. The first-order valence-electron chi connectivity index (χ1n) is 3.51. The van der Waals surface area contributed by atoms with Crippen molar-refractivity contribution in [2.24, 2.45) is 11.7 Å². The van der Waals surface area contributed by atoms with Gasteiger partial charge in [0.15, 0.2) is 0 Å². The number of hydrogen-bond donors (Lipinski definition) is 1. The van der Waals surface area contributed by atoms with Crippen molar-refractivity contribution in [1.82, 2.24) is 0 Å². The molecule has 0 rings (SSSR count). The predicted octanol–water partition coefficient (Wildman–Crippen LogP) is 1.95. The summed E-state index contributed by atoms with van der Waals surface area (Å²) in [5.74, 6) is 6.49. The van der Waals surface area contributed by atoms with E-state index in [1.807, 2.05) is 0 Å². The van der Waals surface area contributed by atoms with Crippen LogP contribution >= 0.6 is 11.6 Å². The highest BCUT2D eigenvalue weighted by Crippen LogP contribution is 1.97. The van der Waals surface area contributed by atoms with E-state index in [-0.39, 0.29) is 5.50 Å². The van der Waals surface area contributed by atoms with Gasteiger partial charge < -0.3 is 5.73 Å². The molecule has 0 aliphatic rings. The summed E-state index contributed by atoms with van der Waals surface area (Å²) in [6.45, 7) is 4.13. The molecule has 0 aromatic carbocycles. The molecule has 0 radical (unpaired) electrons. The maximum absolute atomic E-state index is 5.50. The molecule has 0 bridgehead atoms. The molecule has 0 fully saturated rings. The molecule has 0 saturated heterocycles. The fourth-order valence-corrected chi connectivity index (χ4v) is 0.595. The van der Waals surface area contributed by atoms with Gasteiger partial charge in [-0.05, 0) is 6.42 Å². The minimum absolute atomic E-state index is 0.235. The van der Waals surface area contributed by atoms with Crippen LogP contribution in [0, 0.1) is 17.8 Å². The minimum Gasteiger partial charge on any atom is -0.315 e. The Morgan fingerprint density at radius 1 is 1.50 bits per heavy atom. The summed E-state index contributed by atoms with van der Waals surface area (Å²) >= 11 is 5.50. The first kappa shape index (κ1) is 9.81. The smallest absolute Gasteiger partial charge is 0.0809 e. The zero-order chi connectivity index (χ0) is 7.98. The van der Waals surface area contributed by atoms with Crippen LogP contribution in [0.4, 0.5) is 0 Å². The van der Waals surface area contributed by atoms with Gasteiger partial charge in [0.2, 0.25) is 0 Å². The number of nitrogens with two attached hydrogens (primary N) is 1. The lowest BCUT2D eigenvalue weighted by Crippen LogP contribution is -2.10. The number of halogens is 1. The molecular weight excluding hydrogens is 146 g/mol. The van der Waals surface area contributed by atoms with Crippen LogP contribution < -0.4 is 5.73 Å². The molecule has 0 aromatic heterocycles. The molecule has 0 spiro atoms. The van der Waals surface area contributed by atoms with Gasteiger partial charge in [-0.2, -0.15) is 0 Å². The van der Waals surface area contributed by atoms with Crippen LogP contribution in [0.1, 0.15) is 26.7 Å². The first-order chi connectivity index (χ1) is 4.63. The molecule has 2 N–H and O–H groups in total. The Hall–Kier alpha value is -0.190. The van der Waals surface area contributed by atoms with Crippen molar-refractivity contribution >= 4 is 11.6 Å². The normalized spacial score (nSPS) is 12.5. The predicted molar refractivity (Wildman–Crippen MR) is 45.7 cm³/mol. The third-order valence-electron chi connectivity index (χ3n) is 0.936. The van der Waals surface area contributed by atoms with Gasteiger partial charge in [-0.25, -0.2) is 0 Å². The molecule has 58 valence electrons. The summed E-state index contributed by atoms with van der Waals surface area (Å²) in [4.78, 5) is 0. The van der Waals surface area contributed by atoms with E-state index in [0.717, 1.165) is 12.8 Å². The van der Waals surface area contributed by atoms with Crippen LogP contribution in [0.25, 0.3) is 0 Å². The largest absolute Gasteiger partial charge is 0.315 e. The SMILES string of the molecule is CC(C)C#CCCC(N)Cl. The molecule has 2 heteroatoms. The summed E-state index contributed by atoms with van der Waals surface area (Å²) in [5, 5.41) is 0. The lowest BCUT2D eigenvalue weighted by Gasteiger charge is -1.95. The van der Waals surface area contributed by atoms with Crippen molar-refractivity contribution < 1.29 is 0 Å². The molecule has 0 heterocycles. The van der Waals surface area contributed by atoms with E-state index in [9.17, 15) is 0 Å². The van der Waals surface area contributed by atoms with E-state index in [1.165, 1.54) is 0 Å². The van der Waals surface area contributed by atoms with Gasteiger partial charge in [-0.15, -0.1) is 23.4 Å². The molecule has 0 aromatic rings. The van der Waals surface area contributed by atoms with Crippen LogP contribution in [0.15, 0.2) is 0 Å². The summed E-state index contributed by atoms with van der Waals surface area (Å²) in [6.07, 6.45) is 1.59. The van der Waals surface area contributed by atoms with Crippen molar-refractivity contribution in [3.8, 4) is 11.8 Å². The summed E-state index contributed by atoms with van der Waals surface area (Å²) in [7, 11) is 0. The number of alkyl halides is 1. The zero-order valence-electron chi connectivity index (χ0n) is 6.52. The van der Waals surface area contributed by atoms with Crippen molar-refractivity contribution in [1.29, 1.82) is 0 Å². The summed E-state index contributed by atoms with van der Waals surface area (Å²) in [6, 6.07) is 0. The lowest BCUT2D eigenvalue weighted by atomic mass is 10.2. The van der Waals surface area contributed by atoms with E-state index in [2.05, 4.69) is 25.7 Å². The Morgan fingerprint density at radius 2 is 2.10 bits per heavy atom. The quantitative estimate of drug-likeness (QED) is 0.372. The van der Waals surface area contributed by atoms with Crippen LogP contribution in [-0.2, 0) is 0 Å². The van der Waals surface area contributed by atoms with Crippen molar-refractivity contribution in [2.45, 2.75) is 32.2 Å². The molecule has 1 unspecified atom stereocenters. The van der Waals surface area contributed by atoms with Crippen molar-refractivity contribution in [3.05, 3.63) is 0 Å². The molecule has 0 aliphatic heterocycles. The van der Waals surface area contributed by atoms with Gasteiger partial charge >= 0.3 is 0 Å². The molecule has 0 aliphatic carbocycles. The number of hydrogen-bond acceptors (Lipinski definition) is 1. The Labute approximate surface area is 67.9 Å². The maximum Gasteiger partial charge on any atom is 0.0809 e. The topological polar surface area (TPSA) is 26.0 Å². The third kappa shape index (κ3) is 7.81. The Kier molecular flexibility index (Phi) is 5.48.